The highest BCUT2D eigenvalue weighted by atomic mass is 32.2. The van der Waals surface area contributed by atoms with Crippen molar-refractivity contribution in [2.45, 2.75) is 89.4 Å². The summed E-state index contributed by atoms with van der Waals surface area (Å²) in [5, 5.41) is 1.04. The molecule has 210 valence electrons. The van der Waals surface area contributed by atoms with E-state index in [9.17, 15) is 9.59 Å². The summed E-state index contributed by atoms with van der Waals surface area (Å²) in [7, 11) is 0. The van der Waals surface area contributed by atoms with E-state index in [0.29, 0.717) is 11.1 Å². The Hall–Kier alpha value is -3.05. The highest BCUT2D eigenvalue weighted by molar-refractivity contribution is 8.03. The Bertz CT molecular complexity index is 1490. The molecule has 5 rings (SSSR count). The minimum Gasteiger partial charge on any atom is -0.344 e. The first kappa shape index (κ1) is 28.5. The van der Waals surface area contributed by atoms with Crippen molar-refractivity contribution >= 4 is 35.3 Å². The summed E-state index contributed by atoms with van der Waals surface area (Å²) in [6.07, 6.45) is 13.4. The van der Waals surface area contributed by atoms with Crippen LogP contribution in [0.2, 0.25) is 0 Å². The number of rotatable bonds is 12. The molecule has 3 aromatic rings. The van der Waals surface area contributed by atoms with E-state index in [1.165, 1.54) is 60.4 Å². The normalized spacial score (nSPS) is 17.8. The number of hydrogen-bond acceptors (Lipinski definition) is 5. The van der Waals surface area contributed by atoms with Crippen molar-refractivity contribution in [3.63, 3.8) is 0 Å². The van der Waals surface area contributed by atoms with Crippen LogP contribution in [0.5, 0.6) is 0 Å². The molecular weight excluding hydrogens is 512 g/mol. The number of thioether (sulfide) groups is 1. The lowest BCUT2D eigenvalue weighted by Crippen LogP contribution is -2.38. The van der Waals surface area contributed by atoms with Crippen LogP contribution < -0.4 is 20.7 Å². The maximum absolute atomic E-state index is 13.0. The van der Waals surface area contributed by atoms with Crippen LogP contribution in [-0.4, -0.2) is 13.1 Å². The molecule has 0 radical (unpaired) electrons. The smallest absolute Gasteiger partial charge is 0.234 e. The molecule has 3 aromatic carbocycles. The van der Waals surface area contributed by atoms with Gasteiger partial charge >= 0.3 is 0 Å². The molecule has 0 amide bonds. The van der Waals surface area contributed by atoms with Crippen LogP contribution in [0.1, 0.15) is 95.8 Å². The molecule has 5 heteroatoms. The first-order valence-corrected chi connectivity index (χ1v) is 15.9. The van der Waals surface area contributed by atoms with E-state index in [4.69, 9.17) is 0 Å². The van der Waals surface area contributed by atoms with E-state index in [-0.39, 0.29) is 16.3 Å². The highest BCUT2D eigenvalue weighted by Crippen LogP contribution is 2.49. The van der Waals surface area contributed by atoms with Crippen LogP contribution >= 0.6 is 11.8 Å². The lowest BCUT2D eigenvalue weighted by Gasteiger charge is -2.28. The minimum atomic E-state index is -0.371. The third-order valence-electron chi connectivity index (χ3n) is 8.44. The zero-order chi connectivity index (χ0) is 28.3. The number of allylic oxidation sites excluding steroid dienone is 1. The fraction of sp³-hybridized carbons (Fsp3) is 0.429. The molecule has 0 spiro atoms. The quantitative estimate of drug-likeness (QED) is 0.166. The molecule has 0 unspecified atom stereocenters. The molecule has 2 aliphatic heterocycles. The zero-order valence-corrected chi connectivity index (χ0v) is 25.3. The average Bonchev–Trinajstić information content (AvgIpc) is 3.42. The van der Waals surface area contributed by atoms with Gasteiger partial charge in [0.25, 0.3) is 0 Å². The molecule has 2 aliphatic rings. The van der Waals surface area contributed by atoms with Gasteiger partial charge in [-0.25, -0.2) is 0 Å². The number of anilines is 2. The molecule has 0 aromatic heterocycles. The number of hydrogen-bond donors (Lipinski definition) is 0. The van der Waals surface area contributed by atoms with Crippen molar-refractivity contribution in [1.29, 1.82) is 0 Å². The lowest BCUT2D eigenvalue weighted by atomic mass is 9.82. The molecule has 2 heterocycles. The third-order valence-corrected chi connectivity index (χ3v) is 9.55. The highest BCUT2D eigenvalue weighted by Gasteiger charge is 2.40. The van der Waals surface area contributed by atoms with Crippen LogP contribution in [0.15, 0.2) is 73.7 Å². The predicted molar refractivity (Wildman–Crippen MR) is 172 cm³/mol. The van der Waals surface area contributed by atoms with Gasteiger partial charge in [-0.3, -0.25) is 9.59 Å². The molecule has 0 fully saturated rings. The van der Waals surface area contributed by atoms with Crippen molar-refractivity contribution in [2.75, 3.05) is 22.9 Å². The number of unbranched alkanes of at least 4 members (excludes halogenated alkanes) is 6. The van der Waals surface area contributed by atoms with E-state index < -0.39 is 0 Å². The molecule has 40 heavy (non-hydrogen) atoms. The Labute approximate surface area is 243 Å². The van der Waals surface area contributed by atoms with Crippen molar-refractivity contribution in [1.82, 2.24) is 0 Å². The predicted octanol–water partition coefficient (Wildman–Crippen LogP) is 8.49. The van der Waals surface area contributed by atoms with E-state index in [1.54, 1.807) is 11.8 Å². The summed E-state index contributed by atoms with van der Waals surface area (Å²) in [6.45, 7) is 10.7. The maximum Gasteiger partial charge on any atom is 0.234 e. The van der Waals surface area contributed by atoms with E-state index in [2.05, 4.69) is 86.0 Å². The average molecular weight is 555 g/mol. The fourth-order valence-electron chi connectivity index (χ4n) is 6.10. The van der Waals surface area contributed by atoms with Gasteiger partial charge in [0.2, 0.25) is 10.9 Å². The van der Waals surface area contributed by atoms with E-state index >= 15 is 0 Å². The second-order valence-electron chi connectivity index (χ2n) is 11.6. The number of nitrogens with zero attached hydrogens (tertiary/aromatic N) is 2. The topological polar surface area (TPSA) is 40.6 Å². The van der Waals surface area contributed by atoms with Gasteiger partial charge in [0, 0.05) is 45.9 Å². The number of para-hydroxylation sites is 2. The van der Waals surface area contributed by atoms with Gasteiger partial charge in [-0.05, 0) is 48.8 Å². The third kappa shape index (κ3) is 5.33. The van der Waals surface area contributed by atoms with Crippen molar-refractivity contribution < 1.29 is 0 Å². The SMILES string of the molecule is CCCCCCN1C(=Cc2c(C=C3N(CCCCCC)c4ccccc4C3(C)C)c(=O)c2=O)Sc2ccccc21. The Morgan fingerprint density at radius 3 is 1.95 bits per heavy atom. The Kier molecular flexibility index (Phi) is 8.70. The monoisotopic (exact) mass is 554 g/mol. The first-order valence-electron chi connectivity index (χ1n) is 15.1. The lowest BCUT2D eigenvalue weighted by molar-refractivity contribution is 0.616. The van der Waals surface area contributed by atoms with Gasteiger partial charge in [-0.15, -0.1) is 0 Å². The molecule has 0 atom stereocenters. The van der Waals surface area contributed by atoms with Crippen molar-refractivity contribution in [3.05, 3.63) is 96.4 Å². The molecular formula is C35H42N2O2S. The van der Waals surface area contributed by atoms with Crippen LogP contribution in [0.3, 0.4) is 0 Å². The van der Waals surface area contributed by atoms with Gasteiger partial charge in [-0.2, -0.15) is 0 Å². The molecule has 0 aliphatic carbocycles. The van der Waals surface area contributed by atoms with Gasteiger partial charge in [-0.1, -0.05) is 108 Å². The standard InChI is InChI=1S/C35H42N2O2S/c1-5-7-9-15-21-36-28-18-12-11-17-27(28)35(3,4)31(36)23-25-26(34(39)33(25)38)24-32-37(22-16-10-8-6-2)29-19-13-14-20-30(29)40-32/h11-14,17-20,23-24H,5-10,15-16,21-22H2,1-4H3. The molecule has 4 nitrogen and oxygen atoms in total. The molecule has 0 bridgehead atoms. The summed E-state index contributed by atoms with van der Waals surface area (Å²) >= 11 is 1.70. The Balaban J connectivity index is 1.50. The van der Waals surface area contributed by atoms with Gasteiger partial charge < -0.3 is 9.80 Å². The maximum atomic E-state index is 13.0. The van der Waals surface area contributed by atoms with Gasteiger partial charge in [0.05, 0.1) is 10.7 Å². The summed E-state index contributed by atoms with van der Waals surface area (Å²) in [5.41, 5.74) is 4.89. The van der Waals surface area contributed by atoms with Crippen LogP contribution in [0.25, 0.3) is 12.2 Å². The summed E-state index contributed by atoms with van der Waals surface area (Å²) in [6, 6.07) is 17.0. The molecule has 0 saturated carbocycles. The van der Waals surface area contributed by atoms with E-state index in [0.717, 1.165) is 36.7 Å². The number of fused-ring (bicyclic) bond motifs is 2. The van der Waals surface area contributed by atoms with Crippen LogP contribution in [-0.2, 0) is 5.41 Å². The van der Waals surface area contributed by atoms with Crippen molar-refractivity contribution in [3.8, 4) is 0 Å². The van der Waals surface area contributed by atoms with Crippen molar-refractivity contribution in [2.24, 2.45) is 0 Å². The Morgan fingerprint density at radius 1 is 0.700 bits per heavy atom. The molecule has 0 N–H and O–H groups in total. The van der Waals surface area contributed by atoms with Gasteiger partial charge in [0.15, 0.2) is 0 Å². The summed E-state index contributed by atoms with van der Waals surface area (Å²) < 4.78 is 0. The first-order chi connectivity index (χ1) is 19.4. The Morgan fingerprint density at radius 2 is 1.27 bits per heavy atom. The summed E-state index contributed by atoms with van der Waals surface area (Å²) in [5.74, 6) is 0. The fourth-order valence-corrected chi connectivity index (χ4v) is 7.23. The second kappa shape index (κ2) is 12.2. The van der Waals surface area contributed by atoms with Crippen LogP contribution in [0.4, 0.5) is 11.4 Å². The summed E-state index contributed by atoms with van der Waals surface area (Å²) in [4.78, 5) is 32.0. The zero-order valence-electron chi connectivity index (χ0n) is 24.5. The minimum absolute atomic E-state index is 0.255. The van der Waals surface area contributed by atoms with Crippen LogP contribution in [0, 0.1) is 0 Å². The number of benzene rings is 2. The van der Waals surface area contributed by atoms with Gasteiger partial charge in [0.1, 0.15) is 0 Å². The second-order valence-corrected chi connectivity index (χ2v) is 12.7. The molecule has 0 saturated heterocycles. The van der Waals surface area contributed by atoms with E-state index in [1.807, 2.05) is 12.2 Å². The largest absolute Gasteiger partial charge is 0.344 e.